The number of halogens is 2. The molecule has 58 heteroatoms. The number of hydrogen-bond acceptors (Lipinski definition) is 32. The van der Waals surface area contributed by atoms with Crippen LogP contribution in [0.3, 0.4) is 0 Å². The van der Waals surface area contributed by atoms with Gasteiger partial charge in [0, 0.05) is 303 Å². The number of anilines is 8. The number of fused-ring (bicyclic) bond motifs is 4. The summed E-state index contributed by atoms with van der Waals surface area (Å²) in [6.07, 6.45) is 0. The Morgan fingerprint density at radius 1 is 0.276 bits per heavy atom. The summed E-state index contributed by atoms with van der Waals surface area (Å²) in [5, 5.41) is 45.0. The Balaban J connectivity index is 0.00000354. The van der Waals surface area contributed by atoms with Crippen molar-refractivity contribution in [2.75, 3.05) is 21.3 Å². The fraction of sp³-hybridized carbons (Fsp3) is 0. The van der Waals surface area contributed by atoms with E-state index in [0.29, 0.717) is 0 Å². The third kappa shape index (κ3) is 24.0. The molecule has 0 aliphatic rings. The number of aromatic nitrogens is 6. The second-order valence-corrected chi connectivity index (χ2v) is 33.9. The van der Waals surface area contributed by atoms with Crippen LogP contribution in [0.25, 0.3) is 54.2 Å². The van der Waals surface area contributed by atoms with Crippen molar-refractivity contribution in [2.45, 2.75) is 39.2 Å². The van der Waals surface area contributed by atoms with Gasteiger partial charge in [-0.3, -0.25) is 36.4 Å². The Bertz CT molecular complexity index is 6650. The van der Waals surface area contributed by atoms with Crippen LogP contribution in [0.2, 0.25) is 10.6 Å². The van der Waals surface area contributed by atoms with Crippen molar-refractivity contribution in [3.8, 4) is 22.6 Å². The van der Waals surface area contributed by atoms with Crippen molar-refractivity contribution < 1.29 is 114 Å². The molecule has 0 bridgehead atoms. The molecule has 0 atom stereocenters. The van der Waals surface area contributed by atoms with E-state index in [4.69, 9.17) is 23.2 Å². The Morgan fingerprint density at radius 2 is 0.552 bits per heavy atom. The molecule has 2 aromatic heterocycles. The molecule has 566 valence electrons. The van der Waals surface area contributed by atoms with Crippen LogP contribution >= 0.6 is 23.2 Å². The van der Waals surface area contributed by atoms with Gasteiger partial charge in [-0.2, -0.15) is 97.2 Å². The second kappa shape index (κ2) is 40.4. The van der Waals surface area contributed by atoms with Gasteiger partial charge >= 0.3 is 0 Å². The van der Waals surface area contributed by atoms with Crippen LogP contribution < -0.4 is 21.3 Å². The minimum absolute atomic E-state index is 0. The maximum absolute atomic E-state index is 13.1. The van der Waals surface area contributed by atoms with Crippen molar-refractivity contribution in [1.29, 1.82) is 0 Å². The predicted octanol–water partition coefficient (Wildman–Crippen LogP) is 7.79. The first kappa shape index (κ1) is 105. The fourth-order valence-electron chi connectivity index (χ4n) is 10.9. The summed E-state index contributed by atoms with van der Waals surface area (Å²) in [4.78, 5) is 16.5. The number of phenols is 2. The van der Waals surface area contributed by atoms with Gasteiger partial charge in [0.1, 0.15) is 61.9 Å². The quantitative estimate of drug-likeness (QED) is 0.0185. The average Bonchev–Trinajstić information content (AvgIpc) is 0.752. The van der Waals surface area contributed by atoms with Crippen LogP contribution in [-0.4, -0.2) is 380 Å². The molecule has 40 nitrogen and oxygen atoms in total. The fourth-order valence-corrected chi connectivity index (χ4v) is 17.1. The van der Waals surface area contributed by atoms with E-state index in [9.17, 15) is 114 Å². The summed E-state index contributed by atoms with van der Waals surface area (Å²) < 4.78 is 284. The Morgan fingerprint density at radius 3 is 0.836 bits per heavy atom. The molecule has 2 heterocycles. The molecule has 0 unspecified atom stereocenters. The molecule has 12 aromatic rings. The third-order valence-corrected chi connectivity index (χ3v) is 22.8. The molecule has 8 radical (unpaired) electrons. The Kier molecular flexibility index (Phi) is 36.7. The Labute approximate surface area is 842 Å². The molecule has 116 heavy (non-hydrogen) atoms. The maximum atomic E-state index is 13.1. The summed E-state index contributed by atoms with van der Waals surface area (Å²) in [5.41, 5.74) is -4.83. The van der Waals surface area contributed by atoms with E-state index in [0.717, 1.165) is 109 Å². The number of aromatic hydroxyl groups is 2. The molecule has 0 saturated carbocycles. The van der Waals surface area contributed by atoms with E-state index in [2.05, 4.69) is 71.6 Å². The predicted molar refractivity (Wildman–Crippen MR) is 427 cm³/mol. The number of rotatable bonds is 21. The molecule has 0 aliphatic heterocycles. The summed E-state index contributed by atoms with van der Waals surface area (Å²) in [5.74, 6) is -3.53. The van der Waals surface area contributed by atoms with E-state index in [-0.39, 0.29) is 303 Å². The summed E-state index contributed by atoms with van der Waals surface area (Å²) in [6, 6.07) is 24.6. The molecule has 0 aliphatic carbocycles. The minimum Gasteiger partial charge on any atom is -0.505 e. The van der Waals surface area contributed by atoms with Crippen molar-refractivity contribution in [2.24, 2.45) is 20.5 Å². The zero-order valence-corrected chi connectivity index (χ0v) is 84.4. The average molecular weight is 1860 g/mol. The summed E-state index contributed by atoms with van der Waals surface area (Å²) in [7, 11) is -41.9. The molecule has 0 spiro atoms. The van der Waals surface area contributed by atoms with Crippen molar-refractivity contribution in [3.05, 3.63) is 156 Å². The molecular formula is C58H38Cl2N14Na8O26S8. The standard InChI is InChI=1S/C58H38Cl2N14O26S8.8Na/c59-53-65-55(61-27-7-11-31-25(19-27)21-45(105(89,90)91)47(49(31)75)73-71-39-17-15-35-37(51(39)107(95,96)97)3-1-5-41(35)101(77,78)79)69-57(67-53)63-29-9-13-33(43(23-29)103(83,84)85)34-14-10-30(24-44(34)104(86,87)88)64-58-68-54(60)66-56(70-58)62-28-8-12-32-26(20-28)22-46(106(92,93)94)48(50(32)76)74-72-40-18-16-36-38(52(40)108(98,99)100)4-2-6-42(36)102(80,81)82;;;;;;;;/h1-24,75-76H,(H,77,78,79)(H,80,81,82)(H,83,84,85)(H,86,87,88)(H,89,90,91)(H,92,93,94)(H,95,96,97)(H,98,99,100)(H2,61,63,65,67,69)(H2,62,64,66,68,70);;;;;;;;. The SMILES string of the molecule is O=S(=O)(O)c1cc(Nc2nc(Cl)nc(Nc3ccc4c(O)c(N=Nc5ccc6c(S(=O)(=O)O)cccc6c5S(=O)(=O)O)c(S(=O)(=O)O)cc4c3)n2)ccc1-c1ccc(Nc2nc(Cl)nc(Nc3ccc4c(O)c(N=Nc5ccc6c(S(=O)(=O)O)cccc6c5S(=O)(=O)O)c(S(=O)(=O)O)cc4c3)n2)cc1S(=O)(=O)O.[Na].[Na].[Na].[Na].[Na].[Na].[Na].[Na]. The Hall–Kier alpha value is -2.88. The van der Waals surface area contributed by atoms with Gasteiger partial charge in [-0.05, 0) is 131 Å². The van der Waals surface area contributed by atoms with Gasteiger partial charge in [0.05, 0.1) is 0 Å². The van der Waals surface area contributed by atoms with E-state index >= 15 is 0 Å². The molecule has 0 fully saturated rings. The van der Waals surface area contributed by atoms with Crippen LogP contribution in [0.1, 0.15) is 0 Å². The minimum atomic E-state index is -5.35. The van der Waals surface area contributed by atoms with Crippen LogP contribution in [0.4, 0.5) is 69.3 Å². The molecule has 0 saturated heterocycles. The number of benzene rings is 10. The van der Waals surface area contributed by atoms with E-state index < -0.39 is 199 Å². The van der Waals surface area contributed by atoms with E-state index in [1.807, 2.05) is 0 Å². The van der Waals surface area contributed by atoms with Crippen LogP contribution in [0.15, 0.2) is 205 Å². The molecular weight excluding hydrogens is 1820 g/mol. The smallest absolute Gasteiger partial charge is 0.297 e. The van der Waals surface area contributed by atoms with Gasteiger partial charge in [0.2, 0.25) is 34.4 Å². The number of nitrogens with one attached hydrogen (secondary N) is 4. The first-order valence-corrected chi connectivity index (χ1v) is 41.0. The van der Waals surface area contributed by atoms with Gasteiger partial charge < -0.3 is 31.5 Å². The first-order valence-electron chi connectivity index (χ1n) is 28.7. The van der Waals surface area contributed by atoms with Gasteiger partial charge in [-0.15, -0.1) is 20.5 Å². The van der Waals surface area contributed by atoms with Crippen molar-refractivity contribution >= 4 is 453 Å². The normalized spacial score (nSPS) is 12.1. The van der Waals surface area contributed by atoms with Gasteiger partial charge in [-0.25, -0.2) is 0 Å². The molecule has 14 N–H and O–H groups in total. The van der Waals surface area contributed by atoms with Gasteiger partial charge in [0.15, 0.2) is 11.5 Å². The maximum Gasteiger partial charge on any atom is 0.297 e. The number of nitrogens with zero attached hydrogens (tertiary/aromatic N) is 10. The number of phenolic OH excluding ortho intramolecular Hbond substituents is 2. The molecule has 12 rings (SSSR count). The summed E-state index contributed by atoms with van der Waals surface area (Å²) >= 11 is 12.5. The van der Waals surface area contributed by atoms with Crippen LogP contribution in [-0.2, 0) is 80.9 Å². The van der Waals surface area contributed by atoms with E-state index in [1.165, 1.54) is 36.4 Å². The zero-order valence-electron chi connectivity index (χ0n) is 60.4. The van der Waals surface area contributed by atoms with Crippen LogP contribution in [0, 0.1) is 0 Å². The zero-order chi connectivity index (χ0) is 78.5. The molecule has 0 amide bonds. The second-order valence-electron chi connectivity index (χ2n) is 22.2. The third-order valence-electron chi connectivity index (χ3n) is 15.2. The van der Waals surface area contributed by atoms with Crippen molar-refractivity contribution in [1.82, 2.24) is 29.9 Å². The van der Waals surface area contributed by atoms with E-state index in [1.54, 1.807) is 0 Å². The van der Waals surface area contributed by atoms with Crippen LogP contribution in [0.5, 0.6) is 11.5 Å². The summed E-state index contributed by atoms with van der Waals surface area (Å²) in [6.45, 7) is 0. The topological polar surface area (TPSA) is 650 Å². The van der Waals surface area contributed by atoms with Gasteiger partial charge in [0.25, 0.3) is 80.9 Å². The molecule has 10 aromatic carbocycles. The monoisotopic (exact) mass is 1860 g/mol. The largest absolute Gasteiger partial charge is 0.505 e. The first-order chi connectivity index (χ1) is 50.2. The van der Waals surface area contributed by atoms with Gasteiger partial charge in [-0.1, -0.05) is 48.5 Å². The number of azo groups is 2. The van der Waals surface area contributed by atoms with Crippen molar-refractivity contribution in [3.63, 3.8) is 0 Å². The number of hydrogen-bond donors (Lipinski definition) is 14.